The molecular weight excluding hydrogens is 436 g/mol. The standard InChI is InChI=1S/C21H18N4O4S2/c1-31(28,29)15-4-2-12(3-5-15)10-23-21(27)16-8-14(13-6-7-30-11-13)9-17-18(16)25-20(24-17)19(22)26/h2-9,11H,10H2,1H3,(H2,22,26)(H,23,27)(H,24,25). The second-order valence-electron chi connectivity index (χ2n) is 6.98. The average molecular weight is 455 g/mol. The van der Waals surface area contributed by atoms with Gasteiger partial charge < -0.3 is 16.0 Å². The van der Waals surface area contributed by atoms with Crippen molar-refractivity contribution in [1.29, 1.82) is 0 Å². The normalized spacial score (nSPS) is 11.5. The fourth-order valence-electron chi connectivity index (χ4n) is 3.13. The summed E-state index contributed by atoms with van der Waals surface area (Å²) in [7, 11) is -3.29. The van der Waals surface area contributed by atoms with E-state index in [9.17, 15) is 18.0 Å². The summed E-state index contributed by atoms with van der Waals surface area (Å²) in [4.78, 5) is 31.8. The molecule has 4 N–H and O–H groups in total. The highest BCUT2D eigenvalue weighted by Crippen LogP contribution is 2.28. The van der Waals surface area contributed by atoms with Crippen LogP contribution in [0.1, 0.15) is 26.5 Å². The zero-order valence-corrected chi connectivity index (χ0v) is 18.0. The Morgan fingerprint density at radius 3 is 2.48 bits per heavy atom. The molecule has 0 aliphatic rings. The van der Waals surface area contributed by atoms with Crippen molar-refractivity contribution in [3.63, 3.8) is 0 Å². The fraction of sp³-hybridized carbons (Fsp3) is 0.0952. The summed E-state index contributed by atoms with van der Waals surface area (Å²) in [5.74, 6) is -1.12. The molecule has 0 aliphatic carbocycles. The number of fused-ring (bicyclic) bond motifs is 1. The molecule has 158 valence electrons. The molecule has 4 aromatic rings. The first-order valence-corrected chi connectivity index (χ1v) is 12.0. The van der Waals surface area contributed by atoms with E-state index in [-0.39, 0.29) is 23.2 Å². The van der Waals surface area contributed by atoms with Crippen molar-refractivity contribution in [2.75, 3.05) is 6.26 Å². The number of primary amides is 1. The minimum atomic E-state index is -3.29. The largest absolute Gasteiger partial charge is 0.363 e. The Hall–Kier alpha value is -3.50. The van der Waals surface area contributed by atoms with Crippen LogP contribution < -0.4 is 11.1 Å². The van der Waals surface area contributed by atoms with E-state index in [1.165, 1.54) is 23.5 Å². The number of nitrogens with zero attached hydrogens (tertiary/aromatic N) is 1. The number of hydrogen-bond donors (Lipinski definition) is 3. The Kier molecular flexibility index (Phi) is 5.34. The fourth-order valence-corrected chi connectivity index (χ4v) is 4.43. The van der Waals surface area contributed by atoms with Gasteiger partial charge in [0.15, 0.2) is 15.7 Å². The topological polar surface area (TPSA) is 135 Å². The quantitative estimate of drug-likeness (QED) is 0.412. The van der Waals surface area contributed by atoms with Gasteiger partial charge in [-0.2, -0.15) is 11.3 Å². The summed E-state index contributed by atoms with van der Waals surface area (Å²) in [5, 5.41) is 6.71. The molecule has 0 aliphatic heterocycles. The predicted molar refractivity (Wildman–Crippen MR) is 119 cm³/mol. The molecule has 0 bridgehead atoms. The summed E-state index contributed by atoms with van der Waals surface area (Å²) in [6.45, 7) is 0.195. The molecule has 0 radical (unpaired) electrons. The van der Waals surface area contributed by atoms with Gasteiger partial charge >= 0.3 is 0 Å². The summed E-state index contributed by atoms with van der Waals surface area (Å²) >= 11 is 1.53. The molecule has 31 heavy (non-hydrogen) atoms. The maximum Gasteiger partial charge on any atom is 0.284 e. The number of nitrogens with one attached hydrogen (secondary N) is 2. The van der Waals surface area contributed by atoms with Crippen LogP contribution in [0.5, 0.6) is 0 Å². The third kappa shape index (κ3) is 4.35. The molecule has 0 fully saturated rings. The first-order chi connectivity index (χ1) is 14.7. The molecule has 10 heteroatoms. The summed E-state index contributed by atoms with van der Waals surface area (Å²) in [6, 6.07) is 11.8. The van der Waals surface area contributed by atoms with Crippen LogP contribution in [-0.2, 0) is 16.4 Å². The predicted octanol–water partition coefficient (Wildman–Crippen LogP) is 2.72. The van der Waals surface area contributed by atoms with Gasteiger partial charge in [-0.1, -0.05) is 12.1 Å². The van der Waals surface area contributed by atoms with Crippen LogP contribution in [0.4, 0.5) is 0 Å². The van der Waals surface area contributed by atoms with Gasteiger partial charge in [0.1, 0.15) is 5.52 Å². The Bertz CT molecular complexity index is 1390. The van der Waals surface area contributed by atoms with Gasteiger partial charge in [-0.15, -0.1) is 0 Å². The van der Waals surface area contributed by atoms with Gasteiger partial charge in [0.2, 0.25) is 0 Å². The molecule has 0 unspecified atom stereocenters. The maximum atomic E-state index is 13.0. The number of aromatic nitrogens is 2. The number of thiophene rings is 1. The van der Waals surface area contributed by atoms with Crippen LogP contribution in [0.3, 0.4) is 0 Å². The van der Waals surface area contributed by atoms with Crippen molar-refractivity contribution in [3.8, 4) is 11.1 Å². The van der Waals surface area contributed by atoms with Crippen molar-refractivity contribution in [2.45, 2.75) is 11.4 Å². The smallest absolute Gasteiger partial charge is 0.284 e. The van der Waals surface area contributed by atoms with Gasteiger partial charge in [0.05, 0.1) is 16.0 Å². The molecule has 0 saturated heterocycles. The lowest BCUT2D eigenvalue weighted by atomic mass is 10.0. The average Bonchev–Trinajstić information content (AvgIpc) is 3.40. The number of rotatable bonds is 6. The first-order valence-electron chi connectivity index (χ1n) is 9.16. The first kappa shape index (κ1) is 20.8. The molecular formula is C21H18N4O4S2. The lowest BCUT2D eigenvalue weighted by Crippen LogP contribution is -2.23. The lowest BCUT2D eigenvalue weighted by Gasteiger charge is -2.09. The number of hydrogen-bond acceptors (Lipinski definition) is 6. The number of sulfone groups is 1. The minimum absolute atomic E-state index is 0.0251. The highest BCUT2D eigenvalue weighted by atomic mass is 32.2. The molecule has 0 saturated carbocycles. The highest BCUT2D eigenvalue weighted by Gasteiger charge is 2.18. The molecule has 8 nitrogen and oxygen atoms in total. The van der Waals surface area contributed by atoms with Crippen LogP contribution in [0.2, 0.25) is 0 Å². The lowest BCUT2D eigenvalue weighted by molar-refractivity contribution is 0.0950. The van der Waals surface area contributed by atoms with Crippen molar-refractivity contribution in [3.05, 3.63) is 70.2 Å². The monoisotopic (exact) mass is 454 g/mol. The van der Waals surface area contributed by atoms with Crippen LogP contribution in [-0.4, -0.2) is 36.5 Å². The molecule has 2 amide bonds. The molecule has 2 aromatic heterocycles. The Balaban J connectivity index is 1.65. The van der Waals surface area contributed by atoms with Crippen molar-refractivity contribution >= 4 is 44.0 Å². The van der Waals surface area contributed by atoms with Gasteiger partial charge in [-0.3, -0.25) is 9.59 Å². The maximum absolute atomic E-state index is 13.0. The number of carbonyl (C=O) groups is 2. The van der Waals surface area contributed by atoms with Crippen LogP contribution in [0.15, 0.2) is 58.1 Å². The van der Waals surface area contributed by atoms with E-state index in [0.717, 1.165) is 22.9 Å². The summed E-state index contributed by atoms with van der Waals surface area (Å²) in [6.07, 6.45) is 1.14. The molecule has 2 aromatic carbocycles. The minimum Gasteiger partial charge on any atom is -0.363 e. The number of H-pyrrole nitrogens is 1. The van der Waals surface area contributed by atoms with Gasteiger partial charge in [-0.05, 0) is 57.8 Å². The molecule has 2 heterocycles. The number of amides is 2. The number of benzene rings is 2. The van der Waals surface area contributed by atoms with Crippen LogP contribution in [0, 0.1) is 0 Å². The van der Waals surface area contributed by atoms with Gasteiger partial charge in [0, 0.05) is 12.8 Å². The van der Waals surface area contributed by atoms with Crippen molar-refractivity contribution < 1.29 is 18.0 Å². The molecule has 0 spiro atoms. The highest BCUT2D eigenvalue weighted by molar-refractivity contribution is 7.90. The van der Waals surface area contributed by atoms with Crippen molar-refractivity contribution in [2.24, 2.45) is 5.73 Å². The zero-order valence-electron chi connectivity index (χ0n) is 16.4. The van der Waals surface area contributed by atoms with E-state index in [2.05, 4.69) is 15.3 Å². The number of nitrogens with two attached hydrogens (primary N) is 1. The van der Waals surface area contributed by atoms with E-state index in [0.29, 0.717) is 16.6 Å². The number of carbonyl (C=O) groups excluding carboxylic acids is 2. The Labute approximate surface area is 182 Å². The zero-order chi connectivity index (χ0) is 22.2. The van der Waals surface area contributed by atoms with E-state index < -0.39 is 15.7 Å². The van der Waals surface area contributed by atoms with Gasteiger partial charge in [0.25, 0.3) is 11.8 Å². The van der Waals surface area contributed by atoms with Crippen molar-refractivity contribution in [1.82, 2.24) is 15.3 Å². The SMILES string of the molecule is CS(=O)(=O)c1ccc(CNC(=O)c2cc(-c3ccsc3)cc3[nH]c(C(N)=O)nc23)cc1. The summed E-state index contributed by atoms with van der Waals surface area (Å²) in [5.41, 5.74) is 8.99. The van der Waals surface area contributed by atoms with E-state index in [4.69, 9.17) is 5.73 Å². The number of aromatic amines is 1. The second-order valence-corrected chi connectivity index (χ2v) is 9.78. The van der Waals surface area contributed by atoms with Gasteiger partial charge in [-0.25, -0.2) is 13.4 Å². The summed E-state index contributed by atoms with van der Waals surface area (Å²) < 4.78 is 23.2. The Morgan fingerprint density at radius 1 is 1.13 bits per heavy atom. The van der Waals surface area contributed by atoms with E-state index >= 15 is 0 Å². The molecule has 4 rings (SSSR count). The second kappa shape index (κ2) is 7.97. The van der Waals surface area contributed by atoms with Crippen LogP contribution >= 0.6 is 11.3 Å². The third-order valence-electron chi connectivity index (χ3n) is 4.72. The van der Waals surface area contributed by atoms with E-state index in [1.807, 2.05) is 22.9 Å². The number of imidazole rings is 1. The Morgan fingerprint density at radius 2 is 1.87 bits per heavy atom. The van der Waals surface area contributed by atoms with Crippen LogP contribution in [0.25, 0.3) is 22.2 Å². The van der Waals surface area contributed by atoms with E-state index in [1.54, 1.807) is 18.2 Å². The molecule has 0 atom stereocenters. The third-order valence-corrected chi connectivity index (χ3v) is 6.54.